The van der Waals surface area contributed by atoms with Gasteiger partial charge in [0.25, 0.3) is 0 Å². The number of aliphatic hydroxyl groups excluding tert-OH is 1. The Balaban J connectivity index is 2.26. The van der Waals surface area contributed by atoms with Gasteiger partial charge in [-0.25, -0.2) is 0 Å². The molecule has 0 fully saturated rings. The zero-order valence-electron chi connectivity index (χ0n) is 10.7. The SMILES string of the molecule is Cc1cc(C)c(Br)c(C(O)Cc2ccccc2)c1. The van der Waals surface area contributed by atoms with Crippen LogP contribution in [0.1, 0.15) is 28.4 Å². The van der Waals surface area contributed by atoms with E-state index < -0.39 is 6.10 Å². The van der Waals surface area contributed by atoms with Crippen LogP contribution in [0.3, 0.4) is 0 Å². The Bertz CT molecular complexity index is 534. The number of rotatable bonds is 3. The fourth-order valence-electron chi connectivity index (χ4n) is 2.17. The van der Waals surface area contributed by atoms with Crippen LogP contribution in [0.25, 0.3) is 0 Å². The Morgan fingerprint density at radius 1 is 1.11 bits per heavy atom. The van der Waals surface area contributed by atoms with Crippen LogP contribution in [-0.2, 0) is 6.42 Å². The summed E-state index contributed by atoms with van der Waals surface area (Å²) >= 11 is 3.57. The quantitative estimate of drug-likeness (QED) is 0.894. The highest BCUT2D eigenvalue weighted by atomic mass is 79.9. The second-order valence-electron chi connectivity index (χ2n) is 4.69. The molecule has 0 aliphatic rings. The highest BCUT2D eigenvalue weighted by molar-refractivity contribution is 9.10. The molecule has 18 heavy (non-hydrogen) atoms. The van der Waals surface area contributed by atoms with Crippen molar-refractivity contribution in [1.82, 2.24) is 0 Å². The van der Waals surface area contributed by atoms with Gasteiger partial charge in [0.05, 0.1) is 6.10 Å². The maximum Gasteiger partial charge on any atom is 0.0841 e. The third-order valence-corrected chi connectivity index (χ3v) is 4.14. The lowest BCUT2D eigenvalue weighted by molar-refractivity contribution is 0.177. The van der Waals surface area contributed by atoms with Crippen molar-refractivity contribution in [3.63, 3.8) is 0 Å². The monoisotopic (exact) mass is 304 g/mol. The van der Waals surface area contributed by atoms with E-state index in [1.54, 1.807) is 0 Å². The van der Waals surface area contributed by atoms with Gasteiger partial charge in [-0.2, -0.15) is 0 Å². The lowest BCUT2D eigenvalue weighted by atomic mass is 9.98. The molecule has 0 aliphatic heterocycles. The van der Waals surface area contributed by atoms with Crippen molar-refractivity contribution >= 4 is 15.9 Å². The minimum atomic E-state index is -0.472. The first kappa shape index (κ1) is 13.3. The molecular weight excluding hydrogens is 288 g/mol. The van der Waals surface area contributed by atoms with Crippen molar-refractivity contribution in [1.29, 1.82) is 0 Å². The third-order valence-electron chi connectivity index (χ3n) is 3.06. The maximum atomic E-state index is 10.4. The summed E-state index contributed by atoms with van der Waals surface area (Å²) in [5.41, 5.74) is 4.46. The molecule has 0 saturated heterocycles. The van der Waals surface area contributed by atoms with Crippen molar-refractivity contribution in [2.45, 2.75) is 26.4 Å². The summed E-state index contributed by atoms with van der Waals surface area (Å²) < 4.78 is 1.01. The Hall–Kier alpha value is -1.12. The fraction of sp³-hybridized carbons (Fsp3) is 0.250. The summed E-state index contributed by atoms with van der Waals surface area (Å²) in [4.78, 5) is 0. The highest BCUT2D eigenvalue weighted by Crippen LogP contribution is 2.30. The van der Waals surface area contributed by atoms with Gasteiger partial charge in [0.1, 0.15) is 0 Å². The van der Waals surface area contributed by atoms with Gasteiger partial charge in [-0.05, 0) is 30.5 Å². The van der Waals surface area contributed by atoms with E-state index in [4.69, 9.17) is 0 Å². The molecule has 1 N–H and O–H groups in total. The van der Waals surface area contributed by atoms with Crippen LogP contribution in [0.2, 0.25) is 0 Å². The molecule has 2 aromatic rings. The van der Waals surface area contributed by atoms with E-state index in [-0.39, 0.29) is 0 Å². The zero-order chi connectivity index (χ0) is 13.1. The van der Waals surface area contributed by atoms with Crippen LogP contribution in [0.4, 0.5) is 0 Å². The van der Waals surface area contributed by atoms with Gasteiger partial charge >= 0.3 is 0 Å². The standard InChI is InChI=1S/C16H17BrO/c1-11-8-12(2)16(17)14(9-11)15(18)10-13-6-4-3-5-7-13/h3-9,15,18H,10H2,1-2H3. The van der Waals surface area contributed by atoms with E-state index in [0.29, 0.717) is 6.42 Å². The minimum Gasteiger partial charge on any atom is -0.388 e. The van der Waals surface area contributed by atoms with E-state index in [1.165, 1.54) is 5.56 Å². The normalized spacial score (nSPS) is 12.4. The van der Waals surface area contributed by atoms with Gasteiger partial charge < -0.3 is 5.11 Å². The summed E-state index contributed by atoms with van der Waals surface area (Å²) in [6.07, 6.45) is 0.169. The number of benzene rings is 2. The molecule has 0 aromatic heterocycles. The highest BCUT2D eigenvalue weighted by Gasteiger charge is 2.14. The van der Waals surface area contributed by atoms with Gasteiger partial charge in [0.2, 0.25) is 0 Å². The second kappa shape index (κ2) is 5.68. The second-order valence-corrected chi connectivity index (χ2v) is 5.48. The van der Waals surface area contributed by atoms with Crippen LogP contribution in [0, 0.1) is 13.8 Å². The third kappa shape index (κ3) is 3.01. The number of aryl methyl sites for hydroxylation is 2. The summed E-state index contributed by atoms with van der Waals surface area (Å²) in [6.45, 7) is 4.11. The zero-order valence-corrected chi connectivity index (χ0v) is 12.2. The van der Waals surface area contributed by atoms with Gasteiger partial charge in [-0.3, -0.25) is 0 Å². The smallest absolute Gasteiger partial charge is 0.0841 e. The molecule has 0 heterocycles. The Labute approximate surface area is 117 Å². The van der Waals surface area contributed by atoms with E-state index in [1.807, 2.05) is 36.4 Å². The van der Waals surface area contributed by atoms with Crippen molar-refractivity contribution in [3.05, 3.63) is 69.2 Å². The minimum absolute atomic E-state index is 0.472. The molecule has 1 atom stereocenters. The Morgan fingerprint density at radius 3 is 2.44 bits per heavy atom. The van der Waals surface area contributed by atoms with Gasteiger partial charge in [-0.1, -0.05) is 64.0 Å². The largest absolute Gasteiger partial charge is 0.388 e. The van der Waals surface area contributed by atoms with Crippen molar-refractivity contribution in [2.24, 2.45) is 0 Å². The molecule has 2 rings (SSSR count). The van der Waals surface area contributed by atoms with Crippen LogP contribution >= 0.6 is 15.9 Å². The average molecular weight is 305 g/mol. The van der Waals surface area contributed by atoms with Crippen LogP contribution in [-0.4, -0.2) is 5.11 Å². The maximum absolute atomic E-state index is 10.4. The molecule has 2 aromatic carbocycles. The first-order valence-electron chi connectivity index (χ1n) is 6.06. The van der Waals surface area contributed by atoms with E-state index >= 15 is 0 Å². The van der Waals surface area contributed by atoms with Crippen molar-refractivity contribution < 1.29 is 5.11 Å². The van der Waals surface area contributed by atoms with Crippen LogP contribution < -0.4 is 0 Å². The topological polar surface area (TPSA) is 20.2 Å². The summed E-state index contributed by atoms with van der Waals surface area (Å²) in [5, 5.41) is 10.4. The number of halogens is 1. The average Bonchev–Trinajstić information content (AvgIpc) is 2.35. The molecule has 0 radical (unpaired) electrons. The van der Waals surface area contributed by atoms with Crippen molar-refractivity contribution in [3.8, 4) is 0 Å². The number of hydrogen-bond acceptors (Lipinski definition) is 1. The number of aliphatic hydroxyl groups is 1. The van der Waals surface area contributed by atoms with Gasteiger partial charge in [0, 0.05) is 10.9 Å². The molecule has 1 unspecified atom stereocenters. The van der Waals surface area contributed by atoms with E-state index in [0.717, 1.165) is 21.2 Å². The van der Waals surface area contributed by atoms with E-state index in [2.05, 4.69) is 35.8 Å². The molecule has 0 spiro atoms. The molecule has 0 bridgehead atoms. The summed E-state index contributed by atoms with van der Waals surface area (Å²) in [6, 6.07) is 14.2. The summed E-state index contributed by atoms with van der Waals surface area (Å²) in [5.74, 6) is 0. The first-order chi connectivity index (χ1) is 8.58. The Kier molecular flexibility index (Phi) is 4.20. The fourth-order valence-corrected chi connectivity index (χ4v) is 2.67. The van der Waals surface area contributed by atoms with Crippen LogP contribution in [0.15, 0.2) is 46.9 Å². The summed E-state index contributed by atoms with van der Waals surface area (Å²) in [7, 11) is 0. The van der Waals surface area contributed by atoms with Gasteiger partial charge in [0.15, 0.2) is 0 Å². The molecule has 0 saturated carbocycles. The predicted octanol–water partition coefficient (Wildman–Crippen LogP) is 4.34. The molecule has 0 aliphatic carbocycles. The Morgan fingerprint density at radius 2 is 1.78 bits per heavy atom. The van der Waals surface area contributed by atoms with Crippen molar-refractivity contribution in [2.75, 3.05) is 0 Å². The molecule has 1 nitrogen and oxygen atoms in total. The lowest BCUT2D eigenvalue weighted by Crippen LogP contribution is -2.04. The molecular formula is C16H17BrO. The lowest BCUT2D eigenvalue weighted by Gasteiger charge is -2.15. The number of hydrogen-bond donors (Lipinski definition) is 1. The first-order valence-corrected chi connectivity index (χ1v) is 6.86. The molecule has 2 heteroatoms. The van der Waals surface area contributed by atoms with Crippen LogP contribution in [0.5, 0.6) is 0 Å². The predicted molar refractivity (Wildman–Crippen MR) is 78.7 cm³/mol. The molecule has 94 valence electrons. The van der Waals surface area contributed by atoms with Gasteiger partial charge in [-0.15, -0.1) is 0 Å². The molecule has 0 amide bonds. The van der Waals surface area contributed by atoms with E-state index in [9.17, 15) is 5.11 Å².